The Balaban J connectivity index is 2.17. The smallest absolute Gasteiger partial charge is 0.344 e. The van der Waals surface area contributed by atoms with E-state index >= 15 is 0 Å². The van der Waals surface area contributed by atoms with Crippen LogP contribution >= 0.6 is 0 Å². The van der Waals surface area contributed by atoms with Gasteiger partial charge in [0.15, 0.2) is 0 Å². The summed E-state index contributed by atoms with van der Waals surface area (Å²) in [7, 11) is 0. The van der Waals surface area contributed by atoms with Crippen LogP contribution in [0.3, 0.4) is 0 Å². The summed E-state index contributed by atoms with van der Waals surface area (Å²) in [5.41, 5.74) is 1.69. The second-order valence-electron chi connectivity index (χ2n) is 5.57. The highest BCUT2D eigenvalue weighted by molar-refractivity contribution is 5.91. The van der Waals surface area contributed by atoms with Gasteiger partial charge in [0.1, 0.15) is 12.1 Å². The molecule has 5 atom stereocenters. The van der Waals surface area contributed by atoms with E-state index in [0.717, 1.165) is 0 Å². The molecule has 2 rings (SSSR count). The second kappa shape index (κ2) is 5.38. The van der Waals surface area contributed by atoms with Crippen molar-refractivity contribution in [3.05, 3.63) is 12.7 Å². The number of rotatable bonds is 7. The maximum Gasteiger partial charge on any atom is 0.344 e. The Morgan fingerprint density at radius 3 is 2.76 bits per heavy atom. The van der Waals surface area contributed by atoms with Crippen LogP contribution in [-0.2, 0) is 19.1 Å². The molecule has 118 valence electrons. The summed E-state index contributed by atoms with van der Waals surface area (Å²) in [5, 5.41) is 9.39. The van der Waals surface area contributed by atoms with Crippen molar-refractivity contribution in [1.82, 2.24) is 0 Å². The summed E-state index contributed by atoms with van der Waals surface area (Å²) in [5.74, 6) is -4.30. The highest BCUT2D eigenvalue weighted by atomic mass is 19.1. The molecule has 0 radical (unpaired) electrons. The van der Waals surface area contributed by atoms with E-state index in [-0.39, 0.29) is 13.0 Å². The fourth-order valence-corrected chi connectivity index (χ4v) is 3.30. The number of carbonyl (C=O) groups excluding carboxylic acids is 1. The van der Waals surface area contributed by atoms with Crippen molar-refractivity contribution in [2.45, 2.75) is 37.1 Å². The van der Waals surface area contributed by atoms with Crippen LogP contribution in [0.1, 0.15) is 19.8 Å². The molecule has 2 saturated carbocycles. The first-order valence-electron chi connectivity index (χ1n) is 6.95. The minimum absolute atomic E-state index is 0.104. The van der Waals surface area contributed by atoms with Gasteiger partial charge in [-0.15, -0.1) is 0 Å². The molecule has 6 nitrogen and oxygen atoms in total. The minimum atomic E-state index is -2.33. The zero-order valence-corrected chi connectivity index (χ0v) is 11.9. The van der Waals surface area contributed by atoms with Gasteiger partial charge in [0.2, 0.25) is 5.67 Å². The SMILES string of the molecule is C=CCOC(=O)[C@@]1(F)[C@@H]2C[C@@H](OCCC)[C@@](N)(C(=O)O)[C@@H]21. The van der Waals surface area contributed by atoms with Crippen LogP contribution in [0.2, 0.25) is 0 Å². The molecule has 0 aromatic carbocycles. The first-order valence-corrected chi connectivity index (χ1v) is 6.95. The van der Waals surface area contributed by atoms with Gasteiger partial charge in [-0.1, -0.05) is 19.6 Å². The van der Waals surface area contributed by atoms with Crippen LogP contribution < -0.4 is 5.73 Å². The molecule has 0 amide bonds. The van der Waals surface area contributed by atoms with Gasteiger partial charge in [0.25, 0.3) is 0 Å². The molecule has 2 fully saturated rings. The second-order valence-corrected chi connectivity index (χ2v) is 5.57. The lowest BCUT2D eigenvalue weighted by Gasteiger charge is -2.31. The Bertz CT molecular complexity index is 470. The quantitative estimate of drug-likeness (QED) is 0.529. The van der Waals surface area contributed by atoms with Crippen LogP contribution in [0.15, 0.2) is 12.7 Å². The van der Waals surface area contributed by atoms with Crippen LogP contribution in [0.4, 0.5) is 4.39 Å². The summed E-state index contributed by atoms with van der Waals surface area (Å²) in [4.78, 5) is 23.3. The average Bonchev–Trinajstić information content (AvgIpc) is 2.91. The number of aliphatic carboxylic acids is 1. The van der Waals surface area contributed by atoms with Crippen LogP contribution in [0.25, 0.3) is 0 Å². The van der Waals surface area contributed by atoms with E-state index in [2.05, 4.69) is 6.58 Å². The molecule has 0 aromatic rings. The van der Waals surface area contributed by atoms with Gasteiger partial charge in [0, 0.05) is 18.4 Å². The number of ether oxygens (including phenoxy) is 2. The summed E-state index contributed by atoms with van der Waals surface area (Å²) < 4.78 is 24.9. The molecule has 21 heavy (non-hydrogen) atoms. The summed E-state index contributed by atoms with van der Waals surface area (Å²) in [6, 6.07) is 0. The van der Waals surface area contributed by atoms with Gasteiger partial charge in [-0.2, -0.15) is 0 Å². The molecule has 2 aliphatic carbocycles. The topological polar surface area (TPSA) is 98.9 Å². The first-order chi connectivity index (χ1) is 9.84. The van der Waals surface area contributed by atoms with Crippen LogP contribution in [-0.4, -0.2) is 47.6 Å². The van der Waals surface area contributed by atoms with Gasteiger partial charge in [-0.05, 0) is 12.8 Å². The molecule has 0 heterocycles. The number of hydrogen-bond acceptors (Lipinski definition) is 5. The number of alkyl halides is 1. The lowest BCUT2D eigenvalue weighted by Crippen LogP contribution is -2.60. The number of carbonyl (C=O) groups is 2. The summed E-state index contributed by atoms with van der Waals surface area (Å²) in [6.07, 6.45) is 1.33. The summed E-state index contributed by atoms with van der Waals surface area (Å²) in [6.45, 7) is 5.47. The highest BCUT2D eigenvalue weighted by Crippen LogP contribution is 2.67. The number of esters is 1. The third kappa shape index (κ3) is 2.15. The predicted octanol–water partition coefficient (Wildman–Crippen LogP) is 0.651. The third-order valence-electron chi connectivity index (χ3n) is 4.34. The molecule has 7 heteroatoms. The molecule has 2 aliphatic rings. The zero-order valence-electron chi connectivity index (χ0n) is 11.9. The molecule has 0 saturated heterocycles. The number of halogens is 1. The lowest BCUT2D eigenvalue weighted by molar-refractivity contribution is -0.158. The van der Waals surface area contributed by atoms with Crippen molar-refractivity contribution in [2.24, 2.45) is 17.6 Å². The number of carboxylic acids is 1. The van der Waals surface area contributed by atoms with E-state index in [1.165, 1.54) is 6.08 Å². The van der Waals surface area contributed by atoms with Crippen molar-refractivity contribution in [3.8, 4) is 0 Å². The monoisotopic (exact) mass is 301 g/mol. The van der Waals surface area contributed by atoms with Crippen molar-refractivity contribution < 1.29 is 28.6 Å². The number of nitrogens with two attached hydrogens (primary N) is 1. The minimum Gasteiger partial charge on any atom is -0.480 e. The average molecular weight is 301 g/mol. The maximum atomic E-state index is 14.8. The van der Waals surface area contributed by atoms with E-state index in [1.807, 2.05) is 6.92 Å². The van der Waals surface area contributed by atoms with Crippen molar-refractivity contribution in [2.75, 3.05) is 13.2 Å². The number of fused-ring (bicyclic) bond motifs is 1. The molecule has 3 N–H and O–H groups in total. The Kier molecular flexibility index (Phi) is 4.08. The van der Waals surface area contributed by atoms with Crippen LogP contribution in [0.5, 0.6) is 0 Å². The zero-order chi connectivity index (χ0) is 15.8. The lowest BCUT2D eigenvalue weighted by atomic mass is 9.88. The van der Waals surface area contributed by atoms with E-state index in [0.29, 0.717) is 13.0 Å². The first kappa shape index (κ1) is 15.9. The van der Waals surface area contributed by atoms with Gasteiger partial charge in [0.05, 0.1) is 6.10 Å². The van der Waals surface area contributed by atoms with E-state index < -0.39 is 41.1 Å². The van der Waals surface area contributed by atoms with Crippen molar-refractivity contribution in [1.29, 1.82) is 0 Å². The van der Waals surface area contributed by atoms with Crippen LogP contribution in [0, 0.1) is 11.8 Å². The Morgan fingerprint density at radius 2 is 2.24 bits per heavy atom. The van der Waals surface area contributed by atoms with E-state index in [1.54, 1.807) is 0 Å². The summed E-state index contributed by atoms with van der Waals surface area (Å²) >= 11 is 0. The van der Waals surface area contributed by atoms with E-state index in [4.69, 9.17) is 15.2 Å². The van der Waals surface area contributed by atoms with Gasteiger partial charge in [-0.25, -0.2) is 9.18 Å². The Morgan fingerprint density at radius 1 is 1.57 bits per heavy atom. The molecular weight excluding hydrogens is 281 g/mol. The Hall–Kier alpha value is -1.47. The highest BCUT2D eigenvalue weighted by Gasteiger charge is 2.85. The molecular formula is C14H20FNO5. The van der Waals surface area contributed by atoms with Crippen molar-refractivity contribution >= 4 is 11.9 Å². The fraction of sp³-hybridized carbons (Fsp3) is 0.714. The maximum absolute atomic E-state index is 14.8. The molecule has 0 aliphatic heterocycles. The van der Waals surface area contributed by atoms with Gasteiger partial charge < -0.3 is 20.3 Å². The predicted molar refractivity (Wildman–Crippen MR) is 71.2 cm³/mol. The van der Waals surface area contributed by atoms with Gasteiger partial charge in [-0.3, -0.25) is 4.79 Å². The molecule has 0 aromatic heterocycles. The fourth-order valence-electron chi connectivity index (χ4n) is 3.30. The number of hydrogen-bond donors (Lipinski definition) is 2. The van der Waals surface area contributed by atoms with Crippen molar-refractivity contribution in [3.63, 3.8) is 0 Å². The Labute approximate surface area is 122 Å². The molecule has 0 bridgehead atoms. The van der Waals surface area contributed by atoms with Gasteiger partial charge >= 0.3 is 11.9 Å². The largest absolute Gasteiger partial charge is 0.480 e. The normalized spacial score (nSPS) is 40.4. The standard InChI is InChI=1S/C14H20FNO5/c1-3-5-20-9-7-8-10(14(9,16)11(17)18)13(8,15)12(19)21-6-4-2/h4,8-10H,2-3,5-7,16H2,1H3,(H,17,18)/t8-,9-,10+,13-,14+/m1/s1. The van der Waals surface area contributed by atoms with E-state index in [9.17, 15) is 19.1 Å². The number of carboxylic acid groups (broad SMARTS) is 1. The molecule has 0 spiro atoms. The molecule has 0 unspecified atom stereocenters. The third-order valence-corrected chi connectivity index (χ3v) is 4.34.